The third kappa shape index (κ3) is 3.64. The summed E-state index contributed by atoms with van der Waals surface area (Å²) in [4.78, 5) is 24.2. The minimum atomic E-state index is -0.225. The number of rotatable bonds is 6. The zero-order valence-corrected chi connectivity index (χ0v) is 14.5. The highest BCUT2D eigenvalue weighted by molar-refractivity contribution is 5.83. The van der Waals surface area contributed by atoms with Crippen molar-refractivity contribution in [2.45, 2.75) is 13.1 Å². The highest BCUT2D eigenvalue weighted by Crippen LogP contribution is 2.14. The second kappa shape index (κ2) is 7.28. The average molecular weight is 362 g/mol. The molecule has 0 atom stereocenters. The molecule has 1 N–H and O–H groups in total. The lowest BCUT2D eigenvalue weighted by molar-refractivity contribution is -0.121. The topological polar surface area (TPSA) is 86.7 Å². The van der Waals surface area contributed by atoms with Crippen molar-refractivity contribution in [1.82, 2.24) is 29.4 Å². The smallest absolute Gasteiger partial charge is 0.266 e. The highest BCUT2D eigenvalue weighted by atomic mass is 16.2. The summed E-state index contributed by atoms with van der Waals surface area (Å²) in [7, 11) is 0. The van der Waals surface area contributed by atoms with Gasteiger partial charge in [-0.05, 0) is 29.7 Å². The summed E-state index contributed by atoms with van der Waals surface area (Å²) < 4.78 is 4.79. The summed E-state index contributed by atoms with van der Waals surface area (Å²) in [5.41, 5.74) is 0.786. The normalized spacial score (nSPS) is 11.0. The molecule has 0 aliphatic heterocycles. The quantitative estimate of drug-likeness (QED) is 0.558. The predicted octanol–water partition coefficient (Wildman–Crippen LogP) is 1.20. The molecule has 0 aliphatic rings. The molecule has 0 radical (unpaired) electrons. The van der Waals surface area contributed by atoms with Gasteiger partial charge in [0, 0.05) is 36.7 Å². The Balaban J connectivity index is 1.37. The van der Waals surface area contributed by atoms with E-state index < -0.39 is 0 Å². The van der Waals surface area contributed by atoms with Gasteiger partial charge in [0.25, 0.3) is 5.56 Å². The lowest BCUT2D eigenvalue weighted by Gasteiger charge is -2.09. The van der Waals surface area contributed by atoms with Crippen molar-refractivity contribution in [2.24, 2.45) is 0 Å². The average Bonchev–Trinajstić information content (AvgIpc) is 3.34. The largest absolute Gasteiger partial charge is 0.353 e. The van der Waals surface area contributed by atoms with Crippen LogP contribution in [0.3, 0.4) is 0 Å². The van der Waals surface area contributed by atoms with Gasteiger partial charge in [-0.25, -0.2) is 9.36 Å². The van der Waals surface area contributed by atoms with Gasteiger partial charge in [0.2, 0.25) is 5.91 Å². The Morgan fingerprint density at radius 1 is 1.04 bits per heavy atom. The van der Waals surface area contributed by atoms with Gasteiger partial charge in [-0.2, -0.15) is 5.10 Å². The first-order valence-corrected chi connectivity index (χ1v) is 8.59. The Kier molecular flexibility index (Phi) is 4.52. The van der Waals surface area contributed by atoms with Gasteiger partial charge in [0.05, 0.1) is 6.54 Å². The summed E-state index contributed by atoms with van der Waals surface area (Å²) in [6.45, 7) is 0.822. The maximum atomic E-state index is 12.2. The minimum absolute atomic E-state index is 0.118. The number of carbonyl (C=O) groups is 1. The van der Waals surface area contributed by atoms with E-state index in [2.05, 4.69) is 15.5 Å². The van der Waals surface area contributed by atoms with E-state index in [1.807, 2.05) is 41.1 Å². The summed E-state index contributed by atoms with van der Waals surface area (Å²) in [6, 6.07) is 14.7. The second-order valence-corrected chi connectivity index (χ2v) is 6.06. The molecule has 3 aromatic heterocycles. The van der Waals surface area contributed by atoms with E-state index in [1.165, 1.54) is 10.7 Å². The van der Waals surface area contributed by atoms with Crippen molar-refractivity contribution in [3.63, 3.8) is 0 Å². The fourth-order valence-corrected chi connectivity index (χ4v) is 2.92. The molecule has 8 nitrogen and oxygen atoms in total. The number of amides is 1. The molecule has 3 heterocycles. The second-order valence-electron chi connectivity index (χ2n) is 6.06. The van der Waals surface area contributed by atoms with Gasteiger partial charge in [0.15, 0.2) is 5.82 Å². The molecule has 0 saturated heterocycles. The number of para-hydroxylation sites is 1. The van der Waals surface area contributed by atoms with Gasteiger partial charge in [-0.15, -0.1) is 5.10 Å². The zero-order chi connectivity index (χ0) is 18.6. The van der Waals surface area contributed by atoms with E-state index in [9.17, 15) is 9.59 Å². The first kappa shape index (κ1) is 16.8. The van der Waals surface area contributed by atoms with Crippen LogP contribution in [0.15, 0.2) is 71.9 Å². The number of fused-ring (bicyclic) bond motifs is 1. The van der Waals surface area contributed by atoms with Crippen LogP contribution in [0.2, 0.25) is 0 Å². The Morgan fingerprint density at radius 3 is 2.78 bits per heavy atom. The summed E-state index contributed by atoms with van der Waals surface area (Å²) in [5.74, 6) is 0.428. The number of hydrogen-bond acceptors (Lipinski definition) is 4. The molecule has 0 fully saturated rings. The van der Waals surface area contributed by atoms with Crippen LogP contribution in [0.5, 0.6) is 0 Å². The van der Waals surface area contributed by atoms with Gasteiger partial charge >= 0.3 is 0 Å². The van der Waals surface area contributed by atoms with E-state index in [1.54, 1.807) is 29.2 Å². The molecular weight excluding hydrogens is 344 g/mol. The van der Waals surface area contributed by atoms with Gasteiger partial charge in [-0.3, -0.25) is 9.59 Å². The Bertz CT molecular complexity index is 1130. The minimum Gasteiger partial charge on any atom is -0.353 e. The van der Waals surface area contributed by atoms with E-state index in [-0.39, 0.29) is 24.6 Å². The van der Waals surface area contributed by atoms with E-state index in [0.717, 1.165) is 10.9 Å². The standard InChI is InChI=1S/C19H18N6O2/c26-18(14-23-12-8-15-4-1-2-5-16(15)23)20-10-13-25-19(27)7-6-17(22-25)24-11-3-9-21-24/h1-9,11-12H,10,13-14H2,(H,20,26). The molecular formula is C19H18N6O2. The molecule has 0 bridgehead atoms. The molecule has 27 heavy (non-hydrogen) atoms. The van der Waals surface area contributed by atoms with Crippen molar-refractivity contribution in [3.8, 4) is 5.82 Å². The molecule has 0 spiro atoms. The molecule has 8 heteroatoms. The molecule has 136 valence electrons. The SMILES string of the molecule is O=C(Cn1ccc2ccccc21)NCCn1nc(-n2cccn2)ccc1=O. The van der Waals surface area contributed by atoms with E-state index in [0.29, 0.717) is 12.4 Å². The van der Waals surface area contributed by atoms with Crippen molar-refractivity contribution < 1.29 is 4.79 Å². The fourth-order valence-electron chi connectivity index (χ4n) is 2.92. The van der Waals surface area contributed by atoms with E-state index >= 15 is 0 Å². The Labute approximate surface area is 154 Å². The lowest BCUT2D eigenvalue weighted by Crippen LogP contribution is -2.33. The monoisotopic (exact) mass is 362 g/mol. The van der Waals surface area contributed by atoms with Crippen LogP contribution in [0.4, 0.5) is 0 Å². The molecule has 1 aromatic carbocycles. The number of carbonyl (C=O) groups excluding carboxylic acids is 1. The van der Waals surface area contributed by atoms with Gasteiger partial charge < -0.3 is 9.88 Å². The van der Waals surface area contributed by atoms with Gasteiger partial charge in [-0.1, -0.05) is 18.2 Å². The molecule has 0 aliphatic carbocycles. The molecule has 0 unspecified atom stereocenters. The van der Waals surface area contributed by atoms with E-state index in [4.69, 9.17) is 0 Å². The van der Waals surface area contributed by atoms with Crippen LogP contribution >= 0.6 is 0 Å². The molecule has 4 rings (SSSR count). The highest BCUT2D eigenvalue weighted by Gasteiger charge is 2.07. The number of nitrogens with zero attached hydrogens (tertiary/aromatic N) is 5. The molecule has 4 aromatic rings. The lowest BCUT2D eigenvalue weighted by atomic mass is 10.2. The Hall–Kier alpha value is -3.68. The van der Waals surface area contributed by atoms with Gasteiger partial charge in [0.1, 0.15) is 6.54 Å². The van der Waals surface area contributed by atoms with Crippen LogP contribution in [0, 0.1) is 0 Å². The zero-order valence-electron chi connectivity index (χ0n) is 14.5. The van der Waals surface area contributed by atoms with Crippen molar-refractivity contribution >= 4 is 16.8 Å². The fraction of sp³-hybridized carbons (Fsp3) is 0.158. The first-order chi connectivity index (χ1) is 13.2. The number of nitrogens with one attached hydrogen (secondary N) is 1. The summed E-state index contributed by atoms with van der Waals surface area (Å²) >= 11 is 0. The van der Waals surface area contributed by atoms with Crippen molar-refractivity contribution in [2.75, 3.05) is 6.54 Å². The summed E-state index contributed by atoms with van der Waals surface area (Å²) in [5, 5.41) is 12.3. The van der Waals surface area contributed by atoms with Crippen molar-refractivity contribution in [1.29, 1.82) is 0 Å². The number of aromatic nitrogens is 5. The van der Waals surface area contributed by atoms with Crippen LogP contribution < -0.4 is 10.9 Å². The molecule has 1 amide bonds. The number of benzene rings is 1. The maximum Gasteiger partial charge on any atom is 0.266 e. The van der Waals surface area contributed by atoms with Crippen LogP contribution in [-0.2, 0) is 17.9 Å². The molecule has 0 saturated carbocycles. The summed E-state index contributed by atoms with van der Waals surface area (Å²) in [6.07, 6.45) is 5.28. The number of hydrogen-bond donors (Lipinski definition) is 1. The third-order valence-corrected chi connectivity index (χ3v) is 4.23. The van der Waals surface area contributed by atoms with Crippen molar-refractivity contribution in [3.05, 3.63) is 77.5 Å². The maximum absolute atomic E-state index is 12.2. The van der Waals surface area contributed by atoms with Crippen LogP contribution in [0.1, 0.15) is 0 Å². The Morgan fingerprint density at radius 2 is 1.93 bits per heavy atom. The first-order valence-electron chi connectivity index (χ1n) is 8.59. The predicted molar refractivity (Wildman–Crippen MR) is 101 cm³/mol. The van der Waals surface area contributed by atoms with Crippen LogP contribution in [-0.4, -0.2) is 36.6 Å². The third-order valence-electron chi connectivity index (χ3n) is 4.23. The van der Waals surface area contributed by atoms with Crippen LogP contribution in [0.25, 0.3) is 16.7 Å².